The zero-order valence-electron chi connectivity index (χ0n) is 16.4. The number of nitrogens with zero attached hydrogens (tertiary/aromatic N) is 2. The van der Waals surface area contributed by atoms with Crippen molar-refractivity contribution in [2.75, 3.05) is 39.6 Å². The molecule has 144 valence electrons. The lowest BCUT2D eigenvalue weighted by Gasteiger charge is -2.23. The average molecular weight is 367 g/mol. The van der Waals surface area contributed by atoms with E-state index in [0.29, 0.717) is 6.04 Å². The third-order valence-corrected chi connectivity index (χ3v) is 5.23. The van der Waals surface area contributed by atoms with Gasteiger partial charge >= 0.3 is 6.03 Å². The van der Waals surface area contributed by atoms with Crippen LogP contribution in [0.1, 0.15) is 19.3 Å². The third kappa shape index (κ3) is 5.01. The van der Waals surface area contributed by atoms with Crippen molar-refractivity contribution in [2.24, 2.45) is 0 Å². The van der Waals surface area contributed by atoms with Gasteiger partial charge in [-0.2, -0.15) is 0 Å². The quantitative estimate of drug-likeness (QED) is 0.876. The van der Waals surface area contributed by atoms with E-state index in [-0.39, 0.29) is 6.03 Å². The summed E-state index contributed by atoms with van der Waals surface area (Å²) in [5.74, 6) is 0.821. The van der Waals surface area contributed by atoms with Crippen LogP contribution in [-0.2, 0) is 0 Å². The molecule has 1 aliphatic rings. The van der Waals surface area contributed by atoms with Gasteiger partial charge in [0.25, 0.3) is 0 Å². The zero-order chi connectivity index (χ0) is 19.2. The van der Waals surface area contributed by atoms with Crippen LogP contribution in [0, 0.1) is 0 Å². The number of anilines is 1. The van der Waals surface area contributed by atoms with Crippen LogP contribution >= 0.6 is 0 Å². The first-order valence-corrected chi connectivity index (χ1v) is 9.53. The molecule has 0 radical (unpaired) electrons. The van der Waals surface area contributed by atoms with Crippen molar-refractivity contribution < 1.29 is 9.53 Å². The second-order valence-corrected chi connectivity index (χ2v) is 7.28. The van der Waals surface area contributed by atoms with Gasteiger partial charge in [0.1, 0.15) is 5.75 Å². The van der Waals surface area contributed by atoms with E-state index in [0.717, 1.165) is 54.9 Å². The smallest absolute Gasteiger partial charge is 0.321 e. The largest absolute Gasteiger partial charge is 0.497 e. The number of rotatable bonds is 4. The second kappa shape index (κ2) is 8.91. The number of likely N-dealkylation sites (tertiary alicyclic amines) is 1. The Hall–Kier alpha value is -2.53. The highest BCUT2D eigenvalue weighted by molar-refractivity contribution is 5.90. The van der Waals surface area contributed by atoms with E-state index in [4.69, 9.17) is 4.74 Å². The molecule has 3 rings (SSSR count). The van der Waals surface area contributed by atoms with Crippen molar-refractivity contribution in [3.8, 4) is 16.9 Å². The molecule has 1 heterocycles. The maximum atomic E-state index is 12.7. The average Bonchev–Trinajstić information content (AvgIpc) is 2.95. The van der Waals surface area contributed by atoms with Crippen molar-refractivity contribution in [3.05, 3.63) is 48.5 Å². The van der Waals surface area contributed by atoms with E-state index >= 15 is 0 Å². The highest BCUT2D eigenvalue weighted by atomic mass is 16.5. The van der Waals surface area contributed by atoms with Crippen LogP contribution in [0.25, 0.3) is 11.1 Å². The number of carbonyl (C=O) groups is 1. The Balaban J connectivity index is 1.68. The summed E-state index contributed by atoms with van der Waals surface area (Å²) in [6.45, 7) is 1.61. The highest BCUT2D eigenvalue weighted by Gasteiger charge is 2.21. The van der Waals surface area contributed by atoms with E-state index in [1.165, 1.54) is 0 Å². The van der Waals surface area contributed by atoms with Gasteiger partial charge in [0, 0.05) is 24.8 Å². The van der Waals surface area contributed by atoms with Gasteiger partial charge in [-0.3, -0.25) is 0 Å². The lowest BCUT2D eigenvalue weighted by atomic mass is 10.0. The van der Waals surface area contributed by atoms with Crippen molar-refractivity contribution in [1.82, 2.24) is 9.80 Å². The fourth-order valence-electron chi connectivity index (χ4n) is 3.58. The molecule has 1 N–H and O–H groups in total. The first-order valence-electron chi connectivity index (χ1n) is 9.53. The Labute approximate surface area is 161 Å². The number of nitrogens with one attached hydrogen (secondary N) is 1. The molecular weight excluding hydrogens is 338 g/mol. The first-order chi connectivity index (χ1) is 13.1. The molecule has 2 aromatic rings. The van der Waals surface area contributed by atoms with Crippen LogP contribution in [0.3, 0.4) is 0 Å². The first kappa shape index (κ1) is 19.2. The van der Waals surface area contributed by atoms with Gasteiger partial charge in [-0.25, -0.2) is 4.79 Å². The Morgan fingerprint density at radius 3 is 2.56 bits per heavy atom. The fraction of sp³-hybridized carbons (Fsp3) is 0.409. The molecule has 0 saturated carbocycles. The molecule has 5 heteroatoms. The Morgan fingerprint density at radius 1 is 1.07 bits per heavy atom. The summed E-state index contributed by atoms with van der Waals surface area (Å²) in [4.78, 5) is 16.9. The molecule has 1 atom stereocenters. The maximum absolute atomic E-state index is 12.7. The molecule has 2 amide bonds. The van der Waals surface area contributed by atoms with Gasteiger partial charge in [0.2, 0.25) is 0 Å². The number of benzene rings is 2. The van der Waals surface area contributed by atoms with E-state index in [1.54, 1.807) is 7.11 Å². The summed E-state index contributed by atoms with van der Waals surface area (Å²) < 4.78 is 5.31. The van der Waals surface area contributed by atoms with Crippen molar-refractivity contribution in [1.29, 1.82) is 0 Å². The Bertz CT molecular complexity index is 776. The minimum Gasteiger partial charge on any atom is -0.497 e. The summed E-state index contributed by atoms with van der Waals surface area (Å²) in [5.41, 5.74) is 2.93. The van der Waals surface area contributed by atoms with E-state index in [9.17, 15) is 4.79 Å². The van der Waals surface area contributed by atoms with Gasteiger partial charge in [0.05, 0.1) is 7.11 Å². The molecule has 27 heavy (non-hydrogen) atoms. The summed E-state index contributed by atoms with van der Waals surface area (Å²) in [7, 11) is 5.90. The molecule has 1 aliphatic heterocycles. The number of urea groups is 1. The number of hydrogen-bond donors (Lipinski definition) is 1. The van der Waals surface area contributed by atoms with E-state index in [1.807, 2.05) is 53.4 Å². The van der Waals surface area contributed by atoms with Crippen LogP contribution in [0.2, 0.25) is 0 Å². The van der Waals surface area contributed by atoms with Crippen LogP contribution in [0.5, 0.6) is 5.75 Å². The molecule has 5 nitrogen and oxygen atoms in total. The van der Waals surface area contributed by atoms with Crippen LogP contribution in [0.4, 0.5) is 10.5 Å². The lowest BCUT2D eigenvalue weighted by molar-refractivity contribution is 0.210. The number of carbonyl (C=O) groups excluding carboxylic acids is 1. The van der Waals surface area contributed by atoms with Gasteiger partial charge in [0.15, 0.2) is 0 Å². The normalized spacial score (nSPS) is 17.5. The van der Waals surface area contributed by atoms with Crippen LogP contribution in [-0.4, -0.2) is 56.2 Å². The topological polar surface area (TPSA) is 44.8 Å². The van der Waals surface area contributed by atoms with Crippen molar-refractivity contribution in [2.45, 2.75) is 25.3 Å². The predicted octanol–water partition coefficient (Wildman–Crippen LogP) is 4.31. The molecule has 0 unspecified atom stereocenters. The summed E-state index contributed by atoms with van der Waals surface area (Å²) in [6, 6.07) is 16.4. The summed E-state index contributed by atoms with van der Waals surface area (Å²) >= 11 is 0. The predicted molar refractivity (Wildman–Crippen MR) is 110 cm³/mol. The van der Waals surface area contributed by atoms with E-state index in [2.05, 4.69) is 24.3 Å². The highest BCUT2D eigenvalue weighted by Crippen LogP contribution is 2.26. The number of methoxy groups -OCH3 is 1. The van der Waals surface area contributed by atoms with Gasteiger partial charge in [-0.1, -0.05) is 24.3 Å². The molecular formula is C22H29N3O2. The van der Waals surface area contributed by atoms with Gasteiger partial charge in [-0.15, -0.1) is 0 Å². The zero-order valence-corrected chi connectivity index (χ0v) is 16.4. The number of hydrogen-bond acceptors (Lipinski definition) is 3. The minimum absolute atomic E-state index is 0.0165. The molecule has 0 aromatic heterocycles. The number of ether oxygens (including phenoxy) is 1. The Kier molecular flexibility index (Phi) is 6.35. The molecule has 0 spiro atoms. The second-order valence-electron chi connectivity index (χ2n) is 7.28. The SMILES string of the molecule is COc1cccc(-c2cccc(NC(=O)N3CCC[C@@H](N(C)C)CC3)c2)c1. The molecule has 0 aliphatic carbocycles. The molecule has 1 saturated heterocycles. The standard InChI is InChI=1S/C22H29N3O2/c1-24(2)20-10-6-13-25(14-12-20)22(26)23-19-9-4-7-17(15-19)18-8-5-11-21(16-18)27-3/h4-5,7-9,11,15-16,20H,6,10,12-14H2,1-3H3,(H,23,26)/t20-/m1/s1. The lowest BCUT2D eigenvalue weighted by Crippen LogP contribution is -2.36. The van der Waals surface area contributed by atoms with E-state index < -0.39 is 0 Å². The van der Waals surface area contributed by atoms with Crippen LogP contribution in [0.15, 0.2) is 48.5 Å². The number of amides is 2. The monoisotopic (exact) mass is 367 g/mol. The minimum atomic E-state index is -0.0165. The van der Waals surface area contributed by atoms with Gasteiger partial charge in [-0.05, 0) is 68.8 Å². The maximum Gasteiger partial charge on any atom is 0.321 e. The summed E-state index contributed by atoms with van der Waals surface area (Å²) in [6.07, 6.45) is 3.20. The fourth-order valence-corrected chi connectivity index (χ4v) is 3.58. The molecule has 0 bridgehead atoms. The third-order valence-electron chi connectivity index (χ3n) is 5.23. The van der Waals surface area contributed by atoms with Gasteiger partial charge < -0.3 is 19.9 Å². The summed E-state index contributed by atoms with van der Waals surface area (Å²) in [5, 5.41) is 3.06. The molecule has 2 aromatic carbocycles. The Morgan fingerprint density at radius 2 is 1.81 bits per heavy atom. The van der Waals surface area contributed by atoms with Crippen molar-refractivity contribution >= 4 is 11.7 Å². The van der Waals surface area contributed by atoms with Crippen molar-refractivity contribution in [3.63, 3.8) is 0 Å². The van der Waals surface area contributed by atoms with Crippen LogP contribution < -0.4 is 10.1 Å². The molecule has 1 fully saturated rings.